The molecule has 1 fully saturated rings. The fourth-order valence-corrected chi connectivity index (χ4v) is 3.17. The van der Waals surface area contributed by atoms with Gasteiger partial charge in [0.25, 0.3) is 11.8 Å². The van der Waals surface area contributed by atoms with Crippen LogP contribution in [0.5, 0.6) is 0 Å². The molecule has 2 heterocycles. The van der Waals surface area contributed by atoms with Gasteiger partial charge in [-0.3, -0.25) is 9.59 Å². The molecule has 0 spiro atoms. The lowest BCUT2D eigenvalue weighted by molar-refractivity contribution is -0.0354. The molecule has 0 saturated carbocycles. The maximum Gasteiger partial charge on any atom is 0.289 e. The van der Waals surface area contributed by atoms with Gasteiger partial charge in [0.2, 0.25) is 0 Å². The Bertz CT molecular complexity index is 773. The number of morpholine rings is 1. The molecule has 7 heteroatoms. The number of rotatable bonds is 7. The van der Waals surface area contributed by atoms with E-state index in [0.717, 1.165) is 5.56 Å². The van der Waals surface area contributed by atoms with Crippen molar-refractivity contribution in [3.8, 4) is 0 Å². The molecule has 0 N–H and O–H groups in total. The molecule has 1 aliphatic rings. The average Bonchev–Trinajstić information content (AvgIpc) is 3.25. The first-order valence-corrected chi connectivity index (χ1v) is 9.37. The molecule has 1 saturated heterocycles. The zero-order chi connectivity index (χ0) is 19.9. The Morgan fingerprint density at radius 1 is 1.25 bits per heavy atom. The van der Waals surface area contributed by atoms with Crippen molar-refractivity contribution in [2.24, 2.45) is 0 Å². The lowest BCUT2D eigenvalue weighted by atomic mass is 10.1. The Morgan fingerprint density at radius 3 is 2.71 bits per heavy atom. The number of methoxy groups -OCH3 is 1. The first-order valence-electron chi connectivity index (χ1n) is 9.37. The predicted octanol–water partition coefficient (Wildman–Crippen LogP) is 2.22. The van der Waals surface area contributed by atoms with Gasteiger partial charge in [-0.05, 0) is 31.2 Å². The second-order valence-corrected chi connectivity index (χ2v) is 6.83. The first kappa shape index (κ1) is 20.1. The Kier molecular flexibility index (Phi) is 6.84. The highest BCUT2D eigenvalue weighted by atomic mass is 16.5. The number of benzene rings is 1. The van der Waals surface area contributed by atoms with Gasteiger partial charge in [-0.2, -0.15) is 0 Å². The van der Waals surface area contributed by atoms with Crippen molar-refractivity contribution in [1.29, 1.82) is 0 Å². The number of hydrogen-bond donors (Lipinski definition) is 0. The van der Waals surface area contributed by atoms with E-state index in [2.05, 4.69) is 0 Å². The maximum absolute atomic E-state index is 13.0. The summed E-state index contributed by atoms with van der Waals surface area (Å²) in [6.07, 6.45) is 1.22. The number of carbonyl (C=O) groups is 2. The summed E-state index contributed by atoms with van der Waals surface area (Å²) in [5, 5.41) is 0. The van der Waals surface area contributed by atoms with Crippen molar-refractivity contribution >= 4 is 11.8 Å². The number of carbonyl (C=O) groups excluding carboxylic acids is 2. The van der Waals surface area contributed by atoms with Crippen LogP contribution in [0.15, 0.2) is 47.1 Å². The molecule has 1 aromatic heterocycles. The maximum atomic E-state index is 13.0. The summed E-state index contributed by atoms with van der Waals surface area (Å²) in [4.78, 5) is 28.9. The van der Waals surface area contributed by atoms with Crippen LogP contribution in [0, 0.1) is 6.92 Å². The standard InChI is InChI=1S/C21H26N2O5/c1-16-5-7-17(8-6-16)20(24)22(9-12-26-2)14-18-15-23(10-13-27-18)21(25)19-4-3-11-28-19/h3-8,11,18H,9-10,12-15H2,1-2H3/t18-/m1/s1. The van der Waals surface area contributed by atoms with E-state index in [0.29, 0.717) is 50.7 Å². The van der Waals surface area contributed by atoms with Gasteiger partial charge in [0.15, 0.2) is 5.76 Å². The van der Waals surface area contributed by atoms with Crippen molar-refractivity contribution in [3.63, 3.8) is 0 Å². The molecule has 0 radical (unpaired) electrons. The normalized spacial score (nSPS) is 16.8. The van der Waals surface area contributed by atoms with Crippen molar-refractivity contribution in [1.82, 2.24) is 9.80 Å². The third kappa shape index (κ3) is 4.99. The molecule has 0 unspecified atom stereocenters. The van der Waals surface area contributed by atoms with Gasteiger partial charge in [-0.1, -0.05) is 17.7 Å². The fourth-order valence-electron chi connectivity index (χ4n) is 3.17. The van der Waals surface area contributed by atoms with Crippen LogP contribution >= 0.6 is 0 Å². The van der Waals surface area contributed by atoms with Crippen molar-refractivity contribution < 1.29 is 23.5 Å². The van der Waals surface area contributed by atoms with Crippen LogP contribution in [0.3, 0.4) is 0 Å². The minimum absolute atomic E-state index is 0.0739. The van der Waals surface area contributed by atoms with Crippen LogP contribution < -0.4 is 0 Å². The van der Waals surface area contributed by atoms with Gasteiger partial charge in [-0.25, -0.2) is 0 Å². The van der Waals surface area contributed by atoms with Crippen LogP contribution in [0.1, 0.15) is 26.5 Å². The number of aryl methyl sites for hydroxylation is 1. The van der Waals surface area contributed by atoms with E-state index in [4.69, 9.17) is 13.9 Å². The zero-order valence-corrected chi connectivity index (χ0v) is 16.3. The van der Waals surface area contributed by atoms with E-state index in [1.54, 1.807) is 29.0 Å². The number of amides is 2. The molecule has 150 valence electrons. The summed E-state index contributed by atoms with van der Waals surface area (Å²) in [5.41, 5.74) is 1.73. The van der Waals surface area contributed by atoms with E-state index in [-0.39, 0.29) is 17.9 Å². The molecular formula is C21H26N2O5. The van der Waals surface area contributed by atoms with E-state index in [1.807, 2.05) is 31.2 Å². The van der Waals surface area contributed by atoms with E-state index in [9.17, 15) is 9.59 Å². The van der Waals surface area contributed by atoms with Gasteiger partial charge < -0.3 is 23.7 Å². The summed E-state index contributed by atoms with van der Waals surface area (Å²) in [7, 11) is 1.61. The highest BCUT2D eigenvalue weighted by Crippen LogP contribution is 2.14. The van der Waals surface area contributed by atoms with Gasteiger partial charge in [0, 0.05) is 38.9 Å². The van der Waals surface area contributed by atoms with Crippen LogP contribution in [0.25, 0.3) is 0 Å². The average molecular weight is 386 g/mol. The van der Waals surface area contributed by atoms with Crippen LogP contribution in [0.4, 0.5) is 0 Å². The van der Waals surface area contributed by atoms with Gasteiger partial charge >= 0.3 is 0 Å². The Hall–Kier alpha value is -2.64. The predicted molar refractivity (Wildman–Crippen MR) is 103 cm³/mol. The topological polar surface area (TPSA) is 72.2 Å². The van der Waals surface area contributed by atoms with Gasteiger partial charge in [-0.15, -0.1) is 0 Å². The highest BCUT2D eigenvalue weighted by molar-refractivity contribution is 5.94. The molecule has 1 aliphatic heterocycles. The Labute approximate surface area is 164 Å². The second-order valence-electron chi connectivity index (χ2n) is 6.83. The fraction of sp³-hybridized carbons (Fsp3) is 0.429. The van der Waals surface area contributed by atoms with Gasteiger partial charge in [0.05, 0.1) is 25.6 Å². The van der Waals surface area contributed by atoms with E-state index >= 15 is 0 Å². The minimum atomic E-state index is -0.265. The largest absolute Gasteiger partial charge is 0.459 e. The Morgan fingerprint density at radius 2 is 2.04 bits per heavy atom. The molecular weight excluding hydrogens is 360 g/mol. The Balaban J connectivity index is 1.66. The minimum Gasteiger partial charge on any atom is -0.459 e. The summed E-state index contributed by atoms with van der Waals surface area (Å²) in [6.45, 7) is 4.59. The van der Waals surface area contributed by atoms with Crippen molar-refractivity contribution in [3.05, 3.63) is 59.5 Å². The highest BCUT2D eigenvalue weighted by Gasteiger charge is 2.29. The molecule has 3 rings (SSSR count). The molecule has 2 amide bonds. The molecule has 1 atom stereocenters. The number of furan rings is 1. The quantitative estimate of drug-likeness (QED) is 0.730. The smallest absolute Gasteiger partial charge is 0.289 e. The lowest BCUT2D eigenvalue weighted by Gasteiger charge is -2.35. The molecule has 28 heavy (non-hydrogen) atoms. The summed E-state index contributed by atoms with van der Waals surface area (Å²) in [6, 6.07) is 10.8. The van der Waals surface area contributed by atoms with E-state index in [1.165, 1.54) is 6.26 Å². The lowest BCUT2D eigenvalue weighted by Crippen LogP contribution is -2.51. The monoisotopic (exact) mass is 386 g/mol. The number of ether oxygens (including phenoxy) is 2. The summed E-state index contributed by atoms with van der Waals surface area (Å²) >= 11 is 0. The van der Waals surface area contributed by atoms with E-state index < -0.39 is 0 Å². The number of hydrogen-bond acceptors (Lipinski definition) is 5. The van der Waals surface area contributed by atoms with Crippen molar-refractivity contribution in [2.45, 2.75) is 13.0 Å². The van der Waals surface area contributed by atoms with Crippen LogP contribution in [-0.2, 0) is 9.47 Å². The van der Waals surface area contributed by atoms with Gasteiger partial charge in [0.1, 0.15) is 0 Å². The molecule has 1 aromatic carbocycles. The molecule has 0 aliphatic carbocycles. The molecule has 7 nitrogen and oxygen atoms in total. The summed E-state index contributed by atoms with van der Waals surface area (Å²) < 4.78 is 16.2. The van der Waals surface area contributed by atoms with Crippen molar-refractivity contribution in [2.75, 3.05) is 46.5 Å². The number of nitrogens with zero attached hydrogens (tertiary/aromatic N) is 2. The zero-order valence-electron chi connectivity index (χ0n) is 16.3. The van der Waals surface area contributed by atoms with Crippen LogP contribution in [-0.4, -0.2) is 74.2 Å². The third-order valence-corrected chi connectivity index (χ3v) is 4.73. The first-order chi connectivity index (χ1) is 13.6. The SMILES string of the molecule is COCCN(C[C@@H]1CN(C(=O)c2ccco2)CCO1)C(=O)c1ccc(C)cc1. The summed E-state index contributed by atoms with van der Waals surface area (Å²) in [5.74, 6) is 0.0781. The second kappa shape index (κ2) is 9.52. The third-order valence-electron chi connectivity index (χ3n) is 4.73. The molecule has 0 bridgehead atoms. The molecule has 2 aromatic rings. The van der Waals surface area contributed by atoms with Crippen LogP contribution in [0.2, 0.25) is 0 Å².